The lowest BCUT2D eigenvalue weighted by molar-refractivity contribution is 0.215. The Hall–Kier alpha value is -2.93. The molecular weight excluding hydrogens is 342 g/mol. The Morgan fingerprint density at radius 2 is 1.85 bits per heavy atom. The number of ether oxygens (including phenoxy) is 1. The van der Waals surface area contributed by atoms with Gasteiger partial charge in [-0.3, -0.25) is 4.90 Å². The van der Waals surface area contributed by atoms with E-state index in [2.05, 4.69) is 31.0 Å². The molecule has 0 aliphatic carbocycles. The van der Waals surface area contributed by atoms with Crippen molar-refractivity contribution in [2.24, 2.45) is 0 Å². The van der Waals surface area contributed by atoms with Crippen molar-refractivity contribution in [2.45, 2.75) is 13.5 Å². The minimum atomic E-state index is 0.611. The monoisotopic (exact) mass is 365 g/mol. The lowest BCUT2D eigenvalue weighted by Gasteiger charge is -2.34. The van der Waals surface area contributed by atoms with Gasteiger partial charge >= 0.3 is 0 Å². The molecule has 0 bridgehead atoms. The number of piperazine rings is 1. The van der Waals surface area contributed by atoms with Gasteiger partial charge in [0.05, 0.1) is 13.2 Å². The molecule has 4 rings (SSSR count). The Morgan fingerprint density at radius 1 is 1.04 bits per heavy atom. The van der Waals surface area contributed by atoms with Crippen LogP contribution in [0.15, 0.2) is 53.2 Å². The summed E-state index contributed by atoms with van der Waals surface area (Å²) in [4.78, 5) is 13.6. The predicted molar refractivity (Wildman–Crippen MR) is 103 cm³/mol. The number of nitrogens with zero attached hydrogens (tertiary/aromatic N) is 5. The molecule has 3 aromatic rings. The lowest BCUT2D eigenvalue weighted by atomic mass is 10.2. The van der Waals surface area contributed by atoms with E-state index in [1.807, 2.05) is 49.5 Å². The Morgan fingerprint density at radius 3 is 2.56 bits per heavy atom. The summed E-state index contributed by atoms with van der Waals surface area (Å²) < 4.78 is 10.9. The number of hydrogen-bond acceptors (Lipinski definition) is 7. The van der Waals surface area contributed by atoms with Crippen molar-refractivity contribution >= 4 is 5.82 Å². The topological polar surface area (TPSA) is 67.5 Å². The number of anilines is 1. The highest BCUT2D eigenvalue weighted by atomic mass is 16.5. The molecule has 3 heterocycles. The van der Waals surface area contributed by atoms with E-state index in [4.69, 9.17) is 9.26 Å². The molecule has 0 N–H and O–H groups in total. The van der Waals surface area contributed by atoms with Crippen LogP contribution in [-0.2, 0) is 6.54 Å². The first-order valence-corrected chi connectivity index (χ1v) is 9.26. The molecule has 7 nitrogen and oxygen atoms in total. The van der Waals surface area contributed by atoms with E-state index >= 15 is 0 Å². The molecule has 0 radical (unpaired) electrons. The van der Waals surface area contributed by atoms with Crippen LogP contribution in [-0.4, -0.2) is 52.8 Å². The molecule has 1 aliphatic rings. The van der Waals surface area contributed by atoms with Gasteiger partial charge in [0.1, 0.15) is 11.6 Å². The van der Waals surface area contributed by atoms with Gasteiger partial charge in [0.15, 0.2) is 0 Å². The Kier molecular flexibility index (Phi) is 5.29. The summed E-state index contributed by atoms with van der Waals surface area (Å²) in [5.41, 5.74) is 0.924. The van der Waals surface area contributed by atoms with Crippen LogP contribution < -0.4 is 9.64 Å². The number of pyridine rings is 1. The van der Waals surface area contributed by atoms with Gasteiger partial charge in [-0.25, -0.2) is 4.98 Å². The maximum absolute atomic E-state index is 5.46. The zero-order valence-corrected chi connectivity index (χ0v) is 15.4. The molecule has 7 heteroatoms. The third kappa shape index (κ3) is 4.25. The molecule has 0 saturated carbocycles. The van der Waals surface area contributed by atoms with Gasteiger partial charge < -0.3 is 14.2 Å². The van der Waals surface area contributed by atoms with Gasteiger partial charge in [0.25, 0.3) is 0 Å². The molecule has 140 valence electrons. The minimum Gasteiger partial charge on any atom is -0.494 e. The number of aromatic nitrogens is 3. The van der Waals surface area contributed by atoms with Crippen molar-refractivity contribution in [1.82, 2.24) is 20.0 Å². The largest absolute Gasteiger partial charge is 0.494 e. The number of hydrogen-bond donors (Lipinski definition) is 0. The quantitative estimate of drug-likeness (QED) is 0.665. The van der Waals surface area contributed by atoms with E-state index in [0.717, 1.165) is 43.3 Å². The molecule has 1 aromatic carbocycles. The highest BCUT2D eigenvalue weighted by Crippen LogP contribution is 2.21. The molecule has 1 saturated heterocycles. The van der Waals surface area contributed by atoms with Crippen LogP contribution in [0.5, 0.6) is 5.75 Å². The van der Waals surface area contributed by atoms with Crippen LogP contribution in [0.2, 0.25) is 0 Å². The Bertz CT molecular complexity index is 842. The molecule has 0 atom stereocenters. The van der Waals surface area contributed by atoms with Gasteiger partial charge in [0, 0.05) is 37.9 Å². The summed E-state index contributed by atoms with van der Waals surface area (Å²) in [6.07, 6.45) is 1.84. The normalized spacial score (nSPS) is 15.1. The zero-order chi connectivity index (χ0) is 18.5. The van der Waals surface area contributed by atoms with Crippen molar-refractivity contribution < 1.29 is 9.26 Å². The van der Waals surface area contributed by atoms with E-state index in [9.17, 15) is 0 Å². The second kappa shape index (κ2) is 8.18. The standard InChI is InChI=1S/C20H23N5O2/c1-2-26-17-8-6-16(7-9-17)20-22-19(27-23-20)15-24-11-13-25(14-12-24)18-5-3-4-10-21-18/h3-10H,2,11-15H2,1H3. The van der Waals surface area contributed by atoms with Crippen LogP contribution in [0.4, 0.5) is 5.82 Å². The summed E-state index contributed by atoms with van der Waals surface area (Å²) in [6, 6.07) is 13.8. The lowest BCUT2D eigenvalue weighted by Crippen LogP contribution is -2.46. The molecule has 0 spiro atoms. The van der Waals surface area contributed by atoms with Crippen molar-refractivity contribution in [2.75, 3.05) is 37.7 Å². The highest BCUT2D eigenvalue weighted by Gasteiger charge is 2.20. The predicted octanol–water partition coefficient (Wildman–Crippen LogP) is 2.85. The third-order valence-corrected chi connectivity index (χ3v) is 4.60. The first-order chi connectivity index (χ1) is 13.3. The maximum atomic E-state index is 5.46. The fourth-order valence-electron chi connectivity index (χ4n) is 3.17. The van der Waals surface area contributed by atoms with Crippen LogP contribution in [0.1, 0.15) is 12.8 Å². The van der Waals surface area contributed by atoms with Crippen LogP contribution in [0.25, 0.3) is 11.4 Å². The highest BCUT2D eigenvalue weighted by molar-refractivity contribution is 5.55. The zero-order valence-electron chi connectivity index (χ0n) is 15.4. The van der Waals surface area contributed by atoms with Gasteiger partial charge in [-0.2, -0.15) is 4.98 Å². The van der Waals surface area contributed by atoms with E-state index in [-0.39, 0.29) is 0 Å². The average Bonchev–Trinajstić information content (AvgIpc) is 3.18. The van der Waals surface area contributed by atoms with E-state index in [1.54, 1.807) is 0 Å². The van der Waals surface area contributed by atoms with E-state index in [0.29, 0.717) is 24.9 Å². The van der Waals surface area contributed by atoms with Crippen molar-refractivity contribution in [1.29, 1.82) is 0 Å². The summed E-state index contributed by atoms with van der Waals surface area (Å²) in [5.74, 6) is 3.13. The number of rotatable bonds is 6. The summed E-state index contributed by atoms with van der Waals surface area (Å²) in [7, 11) is 0. The van der Waals surface area contributed by atoms with Crippen LogP contribution in [0, 0.1) is 0 Å². The fraction of sp³-hybridized carbons (Fsp3) is 0.350. The van der Waals surface area contributed by atoms with Gasteiger partial charge in [-0.1, -0.05) is 11.2 Å². The SMILES string of the molecule is CCOc1ccc(-c2noc(CN3CCN(c4ccccn4)CC3)n2)cc1. The molecule has 0 unspecified atom stereocenters. The second-order valence-electron chi connectivity index (χ2n) is 6.42. The minimum absolute atomic E-state index is 0.611. The molecule has 2 aromatic heterocycles. The molecule has 27 heavy (non-hydrogen) atoms. The van der Waals surface area contributed by atoms with Crippen molar-refractivity contribution in [3.05, 3.63) is 54.6 Å². The summed E-state index contributed by atoms with van der Waals surface area (Å²) in [6.45, 7) is 7.05. The maximum Gasteiger partial charge on any atom is 0.241 e. The van der Waals surface area contributed by atoms with Crippen LogP contribution >= 0.6 is 0 Å². The van der Waals surface area contributed by atoms with Crippen molar-refractivity contribution in [3.63, 3.8) is 0 Å². The first-order valence-electron chi connectivity index (χ1n) is 9.26. The smallest absolute Gasteiger partial charge is 0.241 e. The van der Waals surface area contributed by atoms with Gasteiger partial charge in [-0.05, 0) is 43.3 Å². The third-order valence-electron chi connectivity index (χ3n) is 4.60. The summed E-state index contributed by atoms with van der Waals surface area (Å²) in [5, 5.41) is 4.12. The molecule has 0 amide bonds. The Labute approximate surface area is 158 Å². The Balaban J connectivity index is 1.33. The molecule has 1 fully saturated rings. The van der Waals surface area contributed by atoms with Crippen molar-refractivity contribution in [3.8, 4) is 17.1 Å². The molecular formula is C20H23N5O2. The molecule has 1 aliphatic heterocycles. The fourth-order valence-corrected chi connectivity index (χ4v) is 3.17. The second-order valence-corrected chi connectivity index (χ2v) is 6.42. The van der Waals surface area contributed by atoms with Crippen LogP contribution in [0.3, 0.4) is 0 Å². The van der Waals surface area contributed by atoms with E-state index in [1.165, 1.54) is 0 Å². The van der Waals surface area contributed by atoms with Gasteiger partial charge in [0.2, 0.25) is 11.7 Å². The number of benzene rings is 1. The first kappa shape index (κ1) is 17.5. The average molecular weight is 365 g/mol. The van der Waals surface area contributed by atoms with E-state index < -0.39 is 0 Å². The van der Waals surface area contributed by atoms with Gasteiger partial charge in [-0.15, -0.1) is 0 Å². The summed E-state index contributed by atoms with van der Waals surface area (Å²) >= 11 is 0.